The van der Waals surface area contributed by atoms with E-state index in [1.807, 2.05) is 36.4 Å². The Balaban J connectivity index is 1.48. The molecule has 1 heterocycles. The van der Waals surface area contributed by atoms with E-state index in [0.29, 0.717) is 36.0 Å². The second-order valence-electron chi connectivity index (χ2n) is 9.89. The van der Waals surface area contributed by atoms with Gasteiger partial charge in [0.2, 0.25) is 5.75 Å². The lowest BCUT2D eigenvalue weighted by Gasteiger charge is -2.19. The monoisotopic (exact) mass is 517 g/mol. The molecule has 0 saturated heterocycles. The van der Waals surface area contributed by atoms with Crippen molar-refractivity contribution >= 4 is 16.9 Å². The first-order valence-electron chi connectivity index (χ1n) is 12.5. The van der Waals surface area contributed by atoms with Gasteiger partial charge in [-0.3, -0.25) is 4.79 Å². The lowest BCUT2D eigenvalue weighted by Crippen LogP contribution is -2.25. The first kappa shape index (κ1) is 26.9. The summed E-state index contributed by atoms with van der Waals surface area (Å²) in [5.41, 5.74) is 3.59. The molecule has 0 saturated carbocycles. The van der Waals surface area contributed by atoms with Gasteiger partial charge < -0.3 is 28.8 Å². The number of rotatable bonds is 10. The zero-order valence-electron chi connectivity index (χ0n) is 22.8. The lowest BCUT2D eigenvalue weighted by atomic mass is 9.87. The van der Waals surface area contributed by atoms with Crippen molar-refractivity contribution in [2.45, 2.75) is 39.3 Å². The lowest BCUT2D eigenvalue weighted by molar-refractivity contribution is 0.0948. The zero-order chi connectivity index (χ0) is 27.3. The summed E-state index contributed by atoms with van der Waals surface area (Å²) >= 11 is 0. The molecule has 0 bridgehead atoms. The predicted octanol–water partition coefficient (Wildman–Crippen LogP) is 5.37. The van der Waals surface area contributed by atoms with Crippen LogP contribution in [-0.2, 0) is 18.5 Å². The van der Waals surface area contributed by atoms with Crippen molar-refractivity contribution in [3.8, 4) is 23.0 Å². The largest absolute Gasteiger partial charge is 0.493 e. The molecule has 38 heavy (non-hydrogen) atoms. The minimum absolute atomic E-state index is 0.0929. The molecule has 0 unspecified atom stereocenters. The minimum Gasteiger partial charge on any atom is -0.493 e. The number of nitrogens with one attached hydrogen (secondary N) is 1. The third-order valence-electron chi connectivity index (χ3n) is 6.37. The second-order valence-corrected chi connectivity index (χ2v) is 9.89. The van der Waals surface area contributed by atoms with E-state index in [2.05, 4.69) is 42.8 Å². The van der Waals surface area contributed by atoms with Crippen LogP contribution in [0.1, 0.15) is 42.5 Å². The number of hydrogen-bond donors (Lipinski definition) is 1. The quantitative estimate of drug-likeness (QED) is 0.305. The number of benzene rings is 3. The molecule has 8 heteroatoms. The van der Waals surface area contributed by atoms with Gasteiger partial charge in [0.15, 0.2) is 11.5 Å². The Kier molecular flexibility index (Phi) is 8.10. The second kappa shape index (κ2) is 11.5. The van der Waals surface area contributed by atoms with Gasteiger partial charge in [-0.05, 0) is 47.4 Å². The van der Waals surface area contributed by atoms with E-state index < -0.39 is 0 Å². The number of methoxy groups -OCH3 is 3. The fourth-order valence-electron chi connectivity index (χ4n) is 4.29. The van der Waals surface area contributed by atoms with Gasteiger partial charge in [0, 0.05) is 5.56 Å². The number of carbonyl (C=O) groups is 1. The van der Waals surface area contributed by atoms with Crippen LogP contribution in [0.3, 0.4) is 0 Å². The first-order chi connectivity index (χ1) is 18.2. The van der Waals surface area contributed by atoms with Crippen LogP contribution in [-0.4, -0.2) is 43.4 Å². The third-order valence-corrected chi connectivity index (χ3v) is 6.37. The number of ether oxygens (including phenoxy) is 4. The molecule has 8 nitrogen and oxygen atoms in total. The van der Waals surface area contributed by atoms with Gasteiger partial charge >= 0.3 is 0 Å². The van der Waals surface area contributed by atoms with Gasteiger partial charge in [0.05, 0.1) is 45.5 Å². The van der Waals surface area contributed by atoms with Crippen LogP contribution in [0.15, 0.2) is 60.7 Å². The number of imidazole rings is 1. The molecule has 0 aliphatic carbocycles. The summed E-state index contributed by atoms with van der Waals surface area (Å²) in [6, 6.07) is 19.4. The Morgan fingerprint density at radius 3 is 2.18 bits per heavy atom. The van der Waals surface area contributed by atoms with Crippen molar-refractivity contribution < 1.29 is 23.7 Å². The van der Waals surface area contributed by atoms with Crippen molar-refractivity contribution in [2.75, 3.05) is 27.9 Å². The highest BCUT2D eigenvalue weighted by Gasteiger charge is 2.18. The molecule has 0 aliphatic rings. The minimum atomic E-state index is -0.280. The maximum atomic E-state index is 13.1. The molecule has 200 valence electrons. The van der Waals surface area contributed by atoms with Gasteiger partial charge in [0.1, 0.15) is 18.2 Å². The average molecular weight is 518 g/mol. The highest BCUT2D eigenvalue weighted by molar-refractivity contribution is 5.95. The third kappa shape index (κ3) is 5.85. The van der Waals surface area contributed by atoms with Crippen LogP contribution < -0.4 is 24.3 Å². The Hall–Kier alpha value is -4.20. The molecule has 0 fully saturated rings. The maximum Gasteiger partial charge on any atom is 0.251 e. The highest BCUT2D eigenvalue weighted by atomic mass is 16.5. The van der Waals surface area contributed by atoms with E-state index in [4.69, 9.17) is 23.9 Å². The number of amides is 1. The van der Waals surface area contributed by atoms with E-state index in [-0.39, 0.29) is 17.9 Å². The normalized spacial score (nSPS) is 11.3. The van der Waals surface area contributed by atoms with Crippen LogP contribution in [0.5, 0.6) is 23.0 Å². The maximum absolute atomic E-state index is 13.1. The van der Waals surface area contributed by atoms with E-state index >= 15 is 0 Å². The molecule has 1 aromatic heterocycles. The predicted molar refractivity (Wildman–Crippen MR) is 148 cm³/mol. The molecule has 3 aromatic carbocycles. The van der Waals surface area contributed by atoms with Gasteiger partial charge in [-0.1, -0.05) is 45.0 Å². The summed E-state index contributed by atoms with van der Waals surface area (Å²) in [5, 5.41) is 2.97. The van der Waals surface area contributed by atoms with Crippen molar-refractivity contribution in [3.05, 3.63) is 77.6 Å². The number of carbonyl (C=O) groups excluding carboxylic acids is 1. The zero-order valence-corrected chi connectivity index (χ0v) is 22.8. The fraction of sp³-hybridized carbons (Fsp3) is 0.333. The summed E-state index contributed by atoms with van der Waals surface area (Å²) in [7, 11) is 4.56. The fourth-order valence-corrected chi connectivity index (χ4v) is 4.29. The number of hydrogen-bond acceptors (Lipinski definition) is 6. The SMILES string of the molecule is COc1cc(C(=O)NCc2nc3ccccc3n2CCOc2ccc(C(C)(C)C)cc2)cc(OC)c1OC. The van der Waals surface area contributed by atoms with E-state index in [1.54, 1.807) is 12.1 Å². The molecule has 4 rings (SSSR count). The molecule has 4 aromatic rings. The Morgan fingerprint density at radius 1 is 0.921 bits per heavy atom. The van der Waals surface area contributed by atoms with Crippen LogP contribution in [0.4, 0.5) is 0 Å². The highest BCUT2D eigenvalue weighted by Crippen LogP contribution is 2.38. The molecule has 0 radical (unpaired) electrons. The van der Waals surface area contributed by atoms with Gasteiger partial charge in [-0.25, -0.2) is 4.98 Å². The van der Waals surface area contributed by atoms with Crippen LogP contribution in [0, 0.1) is 0 Å². The van der Waals surface area contributed by atoms with Crippen LogP contribution in [0.2, 0.25) is 0 Å². The van der Waals surface area contributed by atoms with Crippen molar-refractivity contribution in [1.29, 1.82) is 0 Å². The summed E-state index contributed by atoms with van der Waals surface area (Å²) < 4.78 is 24.2. The summed E-state index contributed by atoms with van der Waals surface area (Å²) in [4.78, 5) is 17.8. The molecule has 1 amide bonds. The standard InChI is InChI=1S/C30H35N3O5/c1-30(2,3)21-11-13-22(14-12-21)38-16-15-33-24-10-8-7-9-23(24)32-27(33)19-31-29(34)20-17-25(35-4)28(37-6)26(18-20)36-5/h7-14,17-18H,15-16,19H2,1-6H3,(H,31,34). The van der Waals surface area contributed by atoms with E-state index in [0.717, 1.165) is 22.6 Å². The molecular weight excluding hydrogens is 482 g/mol. The topological polar surface area (TPSA) is 83.8 Å². The summed E-state index contributed by atoms with van der Waals surface area (Å²) in [6.45, 7) is 7.85. The van der Waals surface area contributed by atoms with Crippen LogP contribution >= 0.6 is 0 Å². The van der Waals surface area contributed by atoms with Gasteiger partial charge in [-0.2, -0.15) is 0 Å². The van der Waals surface area contributed by atoms with Crippen molar-refractivity contribution in [3.63, 3.8) is 0 Å². The van der Waals surface area contributed by atoms with Gasteiger partial charge in [-0.15, -0.1) is 0 Å². The number of fused-ring (bicyclic) bond motifs is 1. The molecule has 0 aliphatic heterocycles. The Morgan fingerprint density at radius 2 is 1.58 bits per heavy atom. The molecule has 0 atom stereocenters. The first-order valence-corrected chi connectivity index (χ1v) is 12.5. The van der Waals surface area contributed by atoms with Gasteiger partial charge in [0.25, 0.3) is 5.91 Å². The molecule has 0 spiro atoms. The van der Waals surface area contributed by atoms with E-state index in [9.17, 15) is 4.79 Å². The summed E-state index contributed by atoms with van der Waals surface area (Å²) in [6.07, 6.45) is 0. The van der Waals surface area contributed by atoms with Crippen molar-refractivity contribution in [2.24, 2.45) is 0 Å². The number of nitrogens with zero attached hydrogens (tertiary/aromatic N) is 2. The molecule has 1 N–H and O–H groups in total. The Labute approximate surface area is 223 Å². The molecular formula is C30H35N3O5. The van der Waals surface area contributed by atoms with Crippen LogP contribution in [0.25, 0.3) is 11.0 Å². The van der Waals surface area contributed by atoms with E-state index in [1.165, 1.54) is 26.9 Å². The summed E-state index contributed by atoms with van der Waals surface area (Å²) in [5.74, 6) is 2.53. The Bertz CT molecular complexity index is 1380. The number of aromatic nitrogens is 2. The van der Waals surface area contributed by atoms with Crippen molar-refractivity contribution in [1.82, 2.24) is 14.9 Å². The average Bonchev–Trinajstić information content (AvgIpc) is 3.27. The smallest absolute Gasteiger partial charge is 0.251 e. The number of para-hydroxylation sites is 2.